The molecule has 0 aliphatic rings. The largest absolute Gasteiger partial charge is 0.478 e. The maximum Gasteiger partial charge on any atom is 0.335 e. The quantitative estimate of drug-likeness (QED) is 0.523. The third kappa shape index (κ3) is 2.69. The molecular weight excluding hydrogens is 262 g/mol. The van der Waals surface area contributed by atoms with Gasteiger partial charge in [-0.05, 0) is 12.1 Å². The van der Waals surface area contributed by atoms with E-state index < -0.39 is 16.7 Å². The predicted octanol–water partition coefficient (Wildman–Crippen LogP) is 2.52. The highest BCUT2D eigenvalue weighted by molar-refractivity contribution is 6.09. The van der Waals surface area contributed by atoms with Crippen molar-refractivity contribution in [2.45, 2.75) is 0 Å². The molecule has 0 saturated heterocycles. The van der Waals surface area contributed by atoms with Crippen molar-refractivity contribution in [1.29, 1.82) is 0 Å². The molecule has 100 valence electrons. The van der Waals surface area contributed by atoms with Gasteiger partial charge < -0.3 is 5.11 Å². The van der Waals surface area contributed by atoms with Crippen LogP contribution in [0, 0.1) is 10.1 Å². The van der Waals surface area contributed by atoms with Crippen LogP contribution < -0.4 is 0 Å². The summed E-state index contributed by atoms with van der Waals surface area (Å²) in [5.41, 5.74) is 0.358. The van der Waals surface area contributed by atoms with Gasteiger partial charge in [-0.2, -0.15) is 0 Å². The van der Waals surface area contributed by atoms with Gasteiger partial charge in [0.1, 0.15) is 0 Å². The van der Waals surface area contributed by atoms with Crippen molar-refractivity contribution in [1.82, 2.24) is 0 Å². The number of carbonyl (C=O) groups excluding carboxylic acids is 1. The fourth-order valence-electron chi connectivity index (χ4n) is 1.69. The van der Waals surface area contributed by atoms with Crippen LogP contribution in [0.15, 0.2) is 48.5 Å². The van der Waals surface area contributed by atoms with E-state index in [1.54, 1.807) is 0 Å². The Bertz CT molecular complexity index is 691. The van der Waals surface area contributed by atoms with E-state index in [-0.39, 0.29) is 22.4 Å². The highest BCUT2D eigenvalue weighted by atomic mass is 16.6. The van der Waals surface area contributed by atoms with E-state index in [0.717, 1.165) is 0 Å². The van der Waals surface area contributed by atoms with Crippen molar-refractivity contribution in [3.05, 3.63) is 75.3 Å². The molecule has 2 aromatic rings. The molecule has 0 fully saturated rings. The summed E-state index contributed by atoms with van der Waals surface area (Å²) in [5, 5.41) is 19.4. The molecule has 2 rings (SSSR count). The van der Waals surface area contributed by atoms with Crippen LogP contribution in [-0.4, -0.2) is 21.8 Å². The fourth-order valence-corrected chi connectivity index (χ4v) is 1.69. The number of carbonyl (C=O) groups is 2. The SMILES string of the molecule is O=C(O)c1ccc(C(=O)c2cccc([N+](=O)[O-])c2)cc1. The molecule has 0 aliphatic heterocycles. The highest BCUT2D eigenvalue weighted by Crippen LogP contribution is 2.17. The smallest absolute Gasteiger partial charge is 0.335 e. The number of non-ortho nitro benzene ring substituents is 1. The molecule has 0 aliphatic carbocycles. The number of carboxylic acids is 1. The van der Waals surface area contributed by atoms with E-state index in [1.165, 1.54) is 48.5 Å². The summed E-state index contributed by atoms with van der Waals surface area (Å²) in [6, 6.07) is 10.8. The van der Waals surface area contributed by atoms with Crippen molar-refractivity contribution in [3.63, 3.8) is 0 Å². The van der Waals surface area contributed by atoms with Crippen molar-refractivity contribution < 1.29 is 19.6 Å². The number of rotatable bonds is 4. The summed E-state index contributed by atoms with van der Waals surface area (Å²) in [7, 11) is 0. The van der Waals surface area contributed by atoms with E-state index in [1.807, 2.05) is 0 Å². The van der Waals surface area contributed by atoms with E-state index in [2.05, 4.69) is 0 Å². The van der Waals surface area contributed by atoms with Crippen LogP contribution >= 0.6 is 0 Å². The minimum absolute atomic E-state index is 0.0700. The Morgan fingerprint density at radius 1 is 0.950 bits per heavy atom. The zero-order chi connectivity index (χ0) is 14.7. The lowest BCUT2D eigenvalue weighted by atomic mass is 10.0. The van der Waals surface area contributed by atoms with Crippen LogP contribution in [0.5, 0.6) is 0 Å². The minimum Gasteiger partial charge on any atom is -0.478 e. The molecule has 0 spiro atoms. The molecule has 0 amide bonds. The molecule has 20 heavy (non-hydrogen) atoms. The van der Waals surface area contributed by atoms with Crippen molar-refractivity contribution >= 4 is 17.4 Å². The first-order valence-corrected chi connectivity index (χ1v) is 5.61. The third-order valence-electron chi connectivity index (χ3n) is 2.71. The van der Waals surface area contributed by atoms with Gasteiger partial charge in [0.2, 0.25) is 0 Å². The summed E-state index contributed by atoms with van der Waals surface area (Å²) in [6.07, 6.45) is 0. The van der Waals surface area contributed by atoms with Crippen molar-refractivity contribution in [2.75, 3.05) is 0 Å². The van der Waals surface area contributed by atoms with E-state index in [9.17, 15) is 19.7 Å². The lowest BCUT2D eigenvalue weighted by Gasteiger charge is -2.02. The molecule has 0 saturated carbocycles. The Kier molecular flexibility index (Phi) is 3.56. The number of carboxylic acid groups (broad SMARTS) is 1. The Morgan fingerprint density at radius 3 is 2.10 bits per heavy atom. The van der Waals surface area contributed by atoms with Crippen LogP contribution in [0.2, 0.25) is 0 Å². The molecule has 1 N–H and O–H groups in total. The number of hydrogen-bond donors (Lipinski definition) is 1. The van der Waals surface area contributed by atoms with Crippen molar-refractivity contribution in [2.24, 2.45) is 0 Å². The van der Waals surface area contributed by atoms with Gasteiger partial charge in [0.25, 0.3) is 5.69 Å². The third-order valence-corrected chi connectivity index (χ3v) is 2.71. The zero-order valence-electron chi connectivity index (χ0n) is 10.1. The fraction of sp³-hybridized carbons (Fsp3) is 0. The molecule has 0 aromatic heterocycles. The highest BCUT2D eigenvalue weighted by Gasteiger charge is 2.13. The number of hydrogen-bond acceptors (Lipinski definition) is 4. The van der Waals surface area contributed by atoms with Gasteiger partial charge in [0.15, 0.2) is 5.78 Å². The average Bonchev–Trinajstić information content (AvgIpc) is 2.46. The van der Waals surface area contributed by atoms with Crippen LogP contribution in [0.25, 0.3) is 0 Å². The van der Waals surface area contributed by atoms with Gasteiger partial charge in [-0.3, -0.25) is 14.9 Å². The number of ketones is 1. The van der Waals surface area contributed by atoms with Crippen LogP contribution in [-0.2, 0) is 0 Å². The second-order valence-electron chi connectivity index (χ2n) is 4.02. The lowest BCUT2D eigenvalue weighted by Crippen LogP contribution is -2.03. The van der Waals surface area contributed by atoms with Crippen LogP contribution in [0.4, 0.5) is 5.69 Å². The Morgan fingerprint density at radius 2 is 1.55 bits per heavy atom. The van der Waals surface area contributed by atoms with Gasteiger partial charge in [-0.15, -0.1) is 0 Å². The Hall–Kier alpha value is -3.02. The lowest BCUT2D eigenvalue weighted by molar-refractivity contribution is -0.384. The molecule has 6 heteroatoms. The molecule has 0 heterocycles. The molecule has 2 aromatic carbocycles. The second kappa shape index (κ2) is 5.31. The summed E-state index contributed by atoms with van der Waals surface area (Å²) in [4.78, 5) is 32.9. The van der Waals surface area contributed by atoms with Crippen molar-refractivity contribution in [3.8, 4) is 0 Å². The predicted molar refractivity (Wildman–Crippen MR) is 69.9 cm³/mol. The van der Waals surface area contributed by atoms with E-state index in [4.69, 9.17) is 5.11 Å². The average molecular weight is 271 g/mol. The molecule has 0 radical (unpaired) electrons. The first-order valence-electron chi connectivity index (χ1n) is 5.61. The number of nitrogens with zero attached hydrogens (tertiary/aromatic N) is 1. The van der Waals surface area contributed by atoms with Crippen LogP contribution in [0.1, 0.15) is 26.3 Å². The van der Waals surface area contributed by atoms with Gasteiger partial charge >= 0.3 is 5.97 Å². The normalized spacial score (nSPS) is 10.0. The summed E-state index contributed by atoms with van der Waals surface area (Å²) in [6.45, 7) is 0. The number of nitro groups is 1. The summed E-state index contributed by atoms with van der Waals surface area (Å²) < 4.78 is 0. The van der Waals surface area contributed by atoms with Gasteiger partial charge in [0, 0.05) is 23.3 Å². The Labute approximate surface area is 113 Å². The monoisotopic (exact) mass is 271 g/mol. The minimum atomic E-state index is -1.08. The van der Waals surface area contributed by atoms with Gasteiger partial charge in [-0.1, -0.05) is 24.3 Å². The maximum atomic E-state index is 12.1. The van der Waals surface area contributed by atoms with Crippen LogP contribution in [0.3, 0.4) is 0 Å². The number of benzene rings is 2. The molecule has 6 nitrogen and oxygen atoms in total. The van der Waals surface area contributed by atoms with Gasteiger partial charge in [-0.25, -0.2) is 4.79 Å². The number of aromatic carboxylic acids is 1. The standard InChI is InChI=1S/C14H9NO5/c16-13(9-4-6-10(7-5-9)14(17)18)11-2-1-3-12(8-11)15(19)20/h1-8H,(H,17,18). The first kappa shape index (κ1) is 13.4. The molecule has 0 atom stereocenters. The maximum absolute atomic E-state index is 12.1. The summed E-state index contributed by atoms with van der Waals surface area (Å²) in [5.74, 6) is -1.48. The summed E-state index contributed by atoms with van der Waals surface area (Å²) >= 11 is 0. The first-order chi connectivity index (χ1) is 9.49. The van der Waals surface area contributed by atoms with E-state index in [0.29, 0.717) is 0 Å². The topological polar surface area (TPSA) is 97.5 Å². The van der Waals surface area contributed by atoms with Gasteiger partial charge in [0.05, 0.1) is 10.5 Å². The number of nitro benzene ring substituents is 1. The second-order valence-corrected chi connectivity index (χ2v) is 4.02. The Balaban J connectivity index is 2.33. The van der Waals surface area contributed by atoms with E-state index >= 15 is 0 Å². The zero-order valence-corrected chi connectivity index (χ0v) is 10.1. The molecule has 0 unspecified atom stereocenters. The molecular formula is C14H9NO5. The molecule has 0 bridgehead atoms.